The van der Waals surface area contributed by atoms with Crippen LogP contribution in [0, 0.1) is 0 Å². The van der Waals surface area contributed by atoms with Crippen molar-refractivity contribution in [2.24, 2.45) is 7.05 Å². The van der Waals surface area contributed by atoms with Crippen molar-refractivity contribution in [1.82, 2.24) is 24.1 Å². The Bertz CT molecular complexity index is 1300. The van der Waals surface area contributed by atoms with Crippen LogP contribution in [0.4, 0.5) is 5.82 Å². The average molecular weight is 386 g/mol. The molecular weight excluding hydrogens is 368 g/mol. The van der Waals surface area contributed by atoms with Crippen LogP contribution in [-0.4, -0.2) is 30.1 Å². The van der Waals surface area contributed by atoms with Gasteiger partial charge in [-0.15, -0.1) is 5.10 Å². The topological polar surface area (TPSA) is 90.2 Å². The highest BCUT2D eigenvalue weighted by Gasteiger charge is 2.13. The van der Waals surface area contributed by atoms with E-state index >= 15 is 0 Å². The molecule has 0 radical (unpaired) electrons. The number of nitrogens with zero attached hydrogens (tertiary/aromatic N) is 5. The first-order valence-corrected chi connectivity index (χ1v) is 9.26. The number of furan rings is 1. The largest absolute Gasteiger partial charge is 0.454 e. The molecule has 8 heteroatoms. The minimum absolute atomic E-state index is 0.118. The van der Waals surface area contributed by atoms with Gasteiger partial charge in [0.25, 0.3) is 0 Å². The molecule has 1 aromatic carbocycles. The minimum atomic E-state index is -0.118. The second kappa shape index (κ2) is 6.90. The molecule has 0 atom stereocenters. The minimum Gasteiger partial charge on any atom is -0.454 e. The zero-order chi connectivity index (χ0) is 19.8. The number of nitrogens with one attached hydrogen (secondary N) is 1. The fourth-order valence-corrected chi connectivity index (χ4v) is 3.26. The van der Waals surface area contributed by atoms with E-state index in [-0.39, 0.29) is 5.91 Å². The Labute approximate surface area is 165 Å². The number of para-hydroxylation sites is 1. The fraction of sp³-hybridized carbons (Fsp3) is 0.143. The number of benzene rings is 1. The maximum absolute atomic E-state index is 12.3. The highest BCUT2D eigenvalue weighted by Crippen LogP contribution is 2.28. The van der Waals surface area contributed by atoms with Gasteiger partial charge in [-0.2, -0.15) is 0 Å². The predicted octanol–water partition coefficient (Wildman–Crippen LogP) is 3.45. The molecule has 5 aromatic rings. The van der Waals surface area contributed by atoms with Crippen molar-refractivity contribution < 1.29 is 9.21 Å². The zero-order valence-corrected chi connectivity index (χ0v) is 15.7. The second-order valence-corrected chi connectivity index (χ2v) is 6.86. The van der Waals surface area contributed by atoms with Gasteiger partial charge in [-0.3, -0.25) is 4.79 Å². The molecular formula is C21H18N6O2. The summed E-state index contributed by atoms with van der Waals surface area (Å²) >= 11 is 0. The molecule has 0 aliphatic rings. The summed E-state index contributed by atoms with van der Waals surface area (Å²) in [6.07, 6.45) is 6.25. The molecule has 29 heavy (non-hydrogen) atoms. The fourth-order valence-electron chi connectivity index (χ4n) is 3.26. The summed E-state index contributed by atoms with van der Waals surface area (Å²) in [5, 5.41) is 8.38. The third-order valence-electron chi connectivity index (χ3n) is 4.67. The molecule has 0 fully saturated rings. The van der Waals surface area contributed by atoms with Crippen molar-refractivity contribution in [3.63, 3.8) is 0 Å². The molecule has 0 unspecified atom stereocenters. The normalized spacial score (nSPS) is 11.3. The van der Waals surface area contributed by atoms with Crippen LogP contribution < -0.4 is 5.32 Å². The molecule has 0 spiro atoms. The van der Waals surface area contributed by atoms with E-state index in [1.807, 2.05) is 54.2 Å². The molecule has 1 amide bonds. The molecule has 8 nitrogen and oxygen atoms in total. The van der Waals surface area contributed by atoms with E-state index in [1.165, 1.54) is 0 Å². The maximum atomic E-state index is 12.3. The monoisotopic (exact) mass is 386 g/mol. The van der Waals surface area contributed by atoms with Crippen molar-refractivity contribution in [2.75, 3.05) is 5.32 Å². The summed E-state index contributed by atoms with van der Waals surface area (Å²) < 4.78 is 9.47. The van der Waals surface area contributed by atoms with Crippen LogP contribution in [0.3, 0.4) is 0 Å². The summed E-state index contributed by atoms with van der Waals surface area (Å²) in [5.74, 6) is 1.01. The lowest BCUT2D eigenvalue weighted by Gasteiger charge is -2.05. The SMILES string of the molecule is Cn1cnc(CCC(=O)Nc2ccc3ncc(-c4cc5ccccc5o4)n3n2)c1. The number of rotatable bonds is 5. The van der Waals surface area contributed by atoms with Gasteiger partial charge in [-0.05, 0) is 30.7 Å². The molecule has 1 N–H and O–H groups in total. The van der Waals surface area contributed by atoms with Gasteiger partial charge in [0.05, 0.1) is 18.2 Å². The number of fused-ring (bicyclic) bond motifs is 2. The van der Waals surface area contributed by atoms with E-state index in [1.54, 1.807) is 23.1 Å². The lowest BCUT2D eigenvalue weighted by molar-refractivity contribution is -0.116. The number of amides is 1. The van der Waals surface area contributed by atoms with Crippen molar-refractivity contribution in [1.29, 1.82) is 0 Å². The van der Waals surface area contributed by atoms with E-state index in [9.17, 15) is 4.79 Å². The van der Waals surface area contributed by atoms with E-state index in [0.717, 1.165) is 22.4 Å². The Morgan fingerprint density at radius 3 is 2.90 bits per heavy atom. The van der Waals surface area contributed by atoms with Gasteiger partial charge >= 0.3 is 0 Å². The standard InChI is InChI=1S/C21H18N6O2/c1-26-12-15(23-13-26)6-9-21(28)24-19-7-8-20-22-11-16(27(20)25-19)18-10-14-4-2-3-5-17(14)29-18/h2-5,7-8,10-13H,6,9H2,1H3,(H,24,25,28). The van der Waals surface area contributed by atoms with Gasteiger partial charge in [0, 0.05) is 25.1 Å². The summed E-state index contributed by atoms with van der Waals surface area (Å²) in [4.78, 5) is 20.9. The highest BCUT2D eigenvalue weighted by molar-refractivity contribution is 5.90. The first-order valence-electron chi connectivity index (χ1n) is 9.26. The summed E-state index contributed by atoms with van der Waals surface area (Å²) in [6.45, 7) is 0. The smallest absolute Gasteiger partial charge is 0.225 e. The van der Waals surface area contributed by atoms with Gasteiger partial charge in [0.2, 0.25) is 5.91 Å². The van der Waals surface area contributed by atoms with Gasteiger partial charge in [0.15, 0.2) is 17.2 Å². The molecule has 5 rings (SSSR count). The van der Waals surface area contributed by atoms with Crippen LogP contribution >= 0.6 is 0 Å². The molecule has 4 aromatic heterocycles. The second-order valence-electron chi connectivity index (χ2n) is 6.86. The Kier molecular flexibility index (Phi) is 4.09. The van der Waals surface area contributed by atoms with Gasteiger partial charge < -0.3 is 14.3 Å². The Morgan fingerprint density at radius 1 is 1.17 bits per heavy atom. The van der Waals surface area contributed by atoms with E-state index < -0.39 is 0 Å². The van der Waals surface area contributed by atoms with E-state index in [2.05, 4.69) is 20.4 Å². The molecule has 0 saturated heterocycles. The van der Waals surface area contributed by atoms with Crippen LogP contribution in [0.2, 0.25) is 0 Å². The Balaban J connectivity index is 1.38. The number of anilines is 1. The number of aromatic nitrogens is 5. The molecule has 0 aliphatic carbocycles. The molecule has 0 saturated carbocycles. The highest BCUT2D eigenvalue weighted by atomic mass is 16.3. The molecule has 4 heterocycles. The number of carbonyl (C=O) groups excluding carboxylic acids is 1. The zero-order valence-electron chi connectivity index (χ0n) is 15.7. The third-order valence-corrected chi connectivity index (χ3v) is 4.67. The Morgan fingerprint density at radius 2 is 2.07 bits per heavy atom. The number of imidazole rings is 2. The predicted molar refractivity (Wildman–Crippen MR) is 108 cm³/mol. The number of hydrogen-bond donors (Lipinski definition) is 1. The quantitative estimate of drug-likeness (QED) is 0.500. The average Bonchev–Trinajstić information content (AvgIpc) is 3.43. The summed E-state index contributed by atoms with van der Waals surface area (Å²) in [5.41, 5.74) is 3.08. The number of hydrogen-bond acceptors (Lipinski definition) is 5. The number of aryl methyl sites for hydroxylation is 2. The maximum Gasteiger partial charge on any atom is 0.225 e. The van der Waals surface area contributed by atoms with Crippen LogP contribution in [-0.2, 0) is 18.3 Å². The summed E-state index contributed by atoms with van der Waals surface area (Å²) in [7, 11) is 1.90. The van der Waals surface area contributed by atoms with Gasteiger partial charge in [-0.1, -0.05) is 18.2 Å². The van der Waals surface area contributed by atoms with Gasteiger partial charge in [-0.25, -0.2) is 14.5 Å². The molecule has 0 aliphatic heterocycles. The van der Waals surface area contributed by atoms with E-state index in [4.69, 9.17) is 4.42 Å². The van der Waals surface area contributed by atoms with E-state index in [0.29, 0.717) is 30.1 Å². The van der Waals surface area contributed by atoms with Crippen LogP contribution in [0.1, 0.15) is 12.1 Å². The van der Waals surface area contributed by atoms with Crippen LogP contribution in [0.15, 0.2) is 65.6 Å². The molecule has 0 bridgehead atoms. The number of carbonyl (C=O) groups is 1. The van der Waals surface area contributed by atoms with Gasteiger partial charge in [0.1, 0.15) is 11.3 Å². The lowest BCUT2D eigenvalue weighted by atomic mass is 10.2. The van der Waals surface area contributed by atoms with Crippen LogP contribution in [0.5, 0.6) is 0 Å². The van der Waals surface area contributed by atoms with Crippen LogP contribution in [0.25, 0.3) is 28.1 Å². The van der Waals surface area contributed by atoms with Crippen molar-refractivity contribution in [3.8, 4) is 11.5 Å². The third kappa shape index (κ3) is 3.36. The van der Waals surface area contributed by atoms with Crippen molar-refractivity contribution >= 4 is 28.3 Å². The van der Waals surface area contributed by atoms with Crippen molar-refractivity contribution in [2.45, 2.75) is 12.8 Å². The summed E-state index contributed by atoms with van der Waals surface area (Å²) in [6, 6.07) is 13.3. The lowest BCUT2D eigenvalue weighted by Crippen LogP contribution is -2.14. The first-order chi connectivity index (χ1) is 14.2. The first kappa shape index (κ1) is 17.2. The molecule has 144 valence electrons. The Hall–Kier alpha value is -3.94. The van der Waals surface area contributed by atoms with Crippen molar-refractivity contribution in [3.05, 3.63) is 66.9 Å².